The second kappa shape index (κ2) is 5.57. The van der Waals surface area contributed by atoms with Gasteiger partial charge < -0.3 is 15.2 Å². The molecule has 19 heavy (non-hydrogen) atoms. The van der Waals surface area contributed by atoms with E-state index in [0.29, 0.717) is 19.8 Å². The molecule has 0 aromatic heterocycles. The molecule has 0 aliphatic carbocycles. The number of aromatic hydroxyl groups is 1. The lowest BCUT2D eigenvalue weighted by molar-refractivity contribution is 0.0238. The van der Waals surface area contributed by atoms with Gasteiger partial charge in [0.15, 0.2) is 0 Å². The summed E-state index contributed by atoms with van der Waals surface area (Å²) in [6.45, 7) is 3.97. The van der Waals surface area contributed by atoms with E-state index in [0.717, 1.165) is 18.9 Å². The molecule has 2 rings (SSSR count). The lowest BCUT2D eigenvalue weighted by Gasteiger charge is -2.33. The van der Waals surface area contributed by atoms with E-state index >= 15 is 0 Å². The van der Waals surface area contributed by atoms with Crippen LogP contribution < -0.4 is 5.32 Å². The summed E-state index contributed by atoms with van der Waals surface area (Å²) in [7, 11) is 0. The summed E-state index contributed by atoms with van der Waals surface area (Å²) in [4.78, 5) is 11.9. The first kappa shape index (κ1) is 13.8. The van der Waals surface area contributed by atoms with Crippen LogP contribution >= 0.6 is 0 Å². The highest BCUT2D eigenvalue weighted by Crippen LogP contribution is 2.28. The van der Waals surface area contributed by atoms with Crippen molar-refractivity contribution in [3.63, 3.8) is 0 Å². The molecule has 0 spiro atoms. The number of nitrogens with one attached hydrogen (secondary N) is 1. The van der Waals surface area contributed by atoms with Gasteiger partial charge in [-0.3, -0.25) is 4.79 Å². The third-order valence-electron chi connectivity index (χ3n) is 3.57. The number of benzene rings is 1. The van der Waals surface area contributed by atoms with E-state index in [4.69, 9.17) is 9.84 Å². The van der Waals surface area contributed by atoms with Crippen molar-refractivity contribution in [1.29, 1.82) is 0 Å². The minimum atomic E-state index is -0.713. The topological polar surface area (TPSA) is 58.6 Å². The number of phenolic OH excluding ortho intramolecular Hbond substituents is 1. The summed E-state index contributed by atoms with van der Waals surface area (Å²) >= 11 is 0. The van der Waals surface area contributed by atoms with Gasteiger partial charge in [-0.15, -0.1) is 0 Å². The first-order valence-electron chi connectivity index (χ1n) is 6.35. The van der Waals surface area contributed by atoms with E-state index in [1.54, 1.807) is 0 Å². The molecule has 0 bridgehead atoms. The molecule has 5 heteroatoms. The Hall–Kier alpha value is -1.62. The quantitative estimate of drug-likeness (QED) is 0.881. The van der Waals surface area contributed by atoms with E-state index < -0.39 is 11.7 Å². The molecule has 0 unspecified atom stereocenters. The molecule has 0 atom stereocenters. The Morgan fingerprint density at radius 3 is 2.79 bits per heavy atom. The average Bonchev–Trinajstić information content (AvgIpc) is 2.37. The molecule has 1 saturated heterocycles. The van der Waals surface area contributed by atoms with Gasteiger partial charge in [0, 0.05) is 25.8 Å². The second-order valence-electron chi connectivity index (χ2n) is 5.27. The fourth-order valence-corrected chi connectivity index (χ4v) is 2.12. The third-order valence-corrected chi connectivity index (χ3v) is 3.57. The maximum atomic E-state index is 13.5. The SMILES string of the molecule is CC1(CNC(=O)c2ccc(O)cc2F)CCOCC1. The molecule has 0 radical (unpaired) electrons. The van der Waals surface area contributed by atoms with Gasteiger partial charge in [-0.25, -0.2) is 4.39 Å². The molecule has 1 heterocycles. The number of hydrogen-bond acceptors (Lipinski definition) is 3. The Balaban J connectivity index is 1.97. The Labute approximate surface area is 111 Å². The summed E-state index contributed by atoms with van der Waals surface area (Å²) in [5.41, 5.74) is -0.0464. The molecule has 104 valence electrons. The number of ether oxygens (including phenoxy) is 1. The molecule has 1 aromatic carbocycles. The smallest absolute Gasteiger partial charge is 0.254 e. The Bertz CT molecular complexity index is 470. The van der Waals surface area contributed by atoms with Crippen LogP contribution in [0.4, 0.5) is 4.39 Å². The molecule has 4 nitrogen and oxygen atoms in total. The van der Waals surface area contributed by atoms with Crippen molar-refractivity contribution in [1.82, 2.24) is 5.32 Å². The van der Waals surface area contributed by atoms with Gasteiger partial charge in [-0.1, -0.05) is 6.92 Å². The molecule has 2 N–H and O–H groups in total. The van der Waals surface area contributed by atoms with Crippen molar-refractivity contribution < 1.29 is 19.0 Å². The molecular weight excluding hydrogens is 249 g/mol. The highest BCUT2D eigenvalue weighted by Gasteiger charge is 2.28. The Morgan fingerprint density at radius 2 is 2.16 bits per heavy atom. The van der Waals surface area contributed by atoms with Crippen molar-refractivity contribution in [2.24, 2.45) is 5.41 Å². The fraction of sp³-hybridized carbons (Fsp3) is 0.500. The van der Waals surface area contributed by atoms with Gasteiger partial charge in [-0.2, -0.15) is 0 Å². The maximum absolute atomic E-state index is 13.5. The minimum Gasteiger partial charge on any atom is -0.508 e. The van der Waals surface area contributed by atoms with Crippen LogP contribution in [0.15, 0.2) is 18.2 Å². The monoisotopic (exact) mass is 267 g/mol. The van der Waals surface area contributed by atoms with E-state index in [9.17, 15) is 9.18 Å². The fourth-order valence-electron chi connectivity index (χ4n) is 2.12. The zero-order valence-electron chi connectivity index (χ0n) is 10.9. The predicted molar refractivity (Wildman–Crippen MR) is 68.6 cm³/mol. The van der Waals surface area contributed by atoms with Crippen molar-refractivity contribution in [3.05, 3.63) is 29.6 Å². The number of phenols is 1. The summed E-state index contributed by atoms with van der Waals surface area (Å²) in [5, 5.41) is 11.9. The predicted octanol–water partition coefficient (Wildman–Crippen LogP) is 2.08. The number of rotatable bonds is 3. The van der Waals surface area contributed by atoms with E-state index in [-0.39, 0.29) is 16.7 Å². The Kier molecular flexibility index (Phi) is 4.04. The van der Waals surface area contributed by atoms with Gasteiger partial charge in [0.25, 0.3) is 5.91 Å². The summed E-state index contributed by atoms with van der Waals surface area (Å²) in [6, 6.07) is 3.52. The summed E-state index contributed by atoms with van der Waals surface area (Å²) in [6.07, 6.45) is 1.76. The molecule has 0 saturated carbocycles. The number of amides is 1. The van der Waals surface area contributed by atoms with Crippen molar-refractivity contribution in [2.75, 3.05) is 19.8 Å². The Morgan fingerprint density at radius 1 is 1.47 bits per heavy atom. The molecule has 1 fully saturated rings. The average molecular weight is 267 g/mol. The standard InChI is InChI=1S/C14H18FNO3/c1-14(4-6-19-7-5-14)9-16-13(18)11-3-2-10(17)8-12(11)15/h2-3,8,17H,4-7,9H2,1H3,(H,16,18). The zero-order chi connectivity index (χ0) is 13.9. The van der Waals surface area contributed by atoms with Crippen molar-refractivity contribution in [3.8, 4) is 5.75 Å². The van der Waals surface area contributed by atoms with Gasteiger partial charge in [0.1, 0.15) is 11.6 Å². The van der Waals surface area contributed by atoms with Crippen LogP contribution in [0.5, 0.6) is 5.75 Å². The van der Waals surface area contributed by atoms with Gasteiger partial charge in [0.2, 0.25) is 0 Å². The van der Waals surface area contributed by atoms with Gasteiger partial charge in [0.05, 0.1) is 5.56 Å². The maximum Gasteiger partial charge on any atom is 0.254 e. The van der Waals surface area contributed by atoms with Crippen LogP contribution in [-0.4, -0.2) is 30.8 Å². The van der Waals surface area contributed by atoms with Crippen LogP contribution in [0, 0.1) is 11.2 Å². The van der Waals surface area contributed by atoms with E-state index in [1.807, 2.05) is 0 Å². The summed E-state index contributed by atoms with van der Waals surface area (Å²) in [5.74, 6) is -1.36. The molecule has 1 amide bonds. The van der Waals surface area contributed by atoms with Gasteiger partial charge in [-0.05, 0) is 30.4 Å². The molecule has 1 aliphatic heterocycles. The number of halogens is 1. The lowest BCUT2D eigenvalue weighted by atomic mass is 9.82. The van der Waals surface area contributed by atoms with Crippen molar-refractivity contribution >= 4 is 5.91 Å². The lowest BCUT2D eigenvalue weighted by Crippen LogP contribution is -2.39. The highest BCUT2D eigenvalue weighted by molar-refractivity contribution is 5.94. The second-order valence-corrected chi connectivity index (χ2v) is 5.27. The van der Waals surface area contributed by atoms with Gasteiger partial charge >= 0.3 is 0 Å². The van der Waals surface area contributed by atoms with Crippen LogP contribution in [0.25, 0.3) is 0 Å². The molecule has 1 aliphatic rings. The first-order valence-corrected chi connectivity index (χ1v) is 6.35. The largest absolute Gasteiger partial charge is 0.508 e. The normalized spacial score (nSPS) is 18.0. The first-order chi connectivity index (χ1) is 9.00. The minimum absolute atomic E-state index is 0.00130. The highest BCUT2D eigenvalue weighted by atomic mass is 19.1. The van der Waals surface area contributed by atoms with Crippen LogP contribution in [0.3, 0.4) is 0 Å². The number of carbonyl (C=O) groups is 1. The van der Waals surface area contributed by atoms with Crippen LogP contribution in [0.2, 0.25) is 0 Å². The van der Waals surface area contributed by atoms with Crippen LogP contribution in [0.1, 0.15) is 30.1 Å². The third kappa shape index (κ3) is 3.44. The number of carbonyl (C=O) groups excluding carboxylic acids is 1. The van der Waals surface area contributed by atoms with Crippen LogP contribution in [-0.2, 0) is 4.74 Å². The van der Waals surface area contributed by atoms with E-state index in [2.05, 4.69) is 12.2 Å². The summed E-state index contributed by atoms with van der Waals surface area (Å²) < 4.78 is 18.8. The number of hydrogen-bond donors (Lipinski definition) is 2. The molecule has 1 aromatic rings. The van der Waals surface area contributed by atoms with E-state index in [1.165, 1.54) is 12.1 Å². The zero-order valence-corrected chi connectivity index (χ0v) is 10.9. The van der Waals surface area contributed by atoms with Crippen molar-refractivity contribution in [2.45, 2.75) is 19.8 Å². The molecular formula is C14H18FNO3.